The molecule has 0 atom stereocenters. The molecule has 1 amide bonds. The lowest BCUT2D eigenvalue weighted by Crippen LogP contribution is -2.36. The van der Waals surface area contributed by atoms with Crippen molar-refractivity contribution in [3.63, 3.8) is 0 Å². The molecule has 1 aliphatic heterocycles. The second-order valence-electron chi connectivity index (χ2n) is 5.60. The summed E-state index contributed by atoms with van der Waals surface area (Å²) < 4.78 is 1.93. The number of para-hydroxylation sites is 1. The highest BCUT2D eigenvalue weighted by Gasteiger charge is 2.15. The van der Waals surface area contributed by atoms with E-state index < -0.39 is 0 Å². The van der Waals surface area contributed by atoms with Crippen LogP contribution in [0.25, 0.3) is 11.8 Å². The predicted octanol–water partition coefficient (Wildman–Crippen LogP) is 3.08. The van der Waals surface area contributed by atoms with Crippen molar-refractivity contribution < 1.29 is 4.79 Å². The van der Waals surface area contributed by atoms with E-state index in [0.29, 0.717) is 0 Å². The van der Waals surface area contributed by atoms with Gasteiger partial charge in [0.15, 0.2) is 0 Å². The van der Waals surface area contributed by atoms with Crippen LogP contribution in [0.4, 0.5) is 0 Å². The molecule has 0 bridgehead atoms. The van der Waals surface area contributed by atoms with E-state index in [-0.39, 0.29) is 5.91 Å². The topological polar surface area (TPSA) is 38.1 Å². The predicted molar refractivity (Wildman–Crippen MR) is 96.0 cm³/mol. The van der Waals surface area contributed by atoms with Crippen molar-refractivity contribution in [2.24, 2.45) is 0 Å². The third-order valence-corrected chi connectivity index (χ3v) is 5.01. The SMILES string of the molecule is Cc1nn(-c2ccccc2)c(C)c1/C=C/C(=O)N1CCSCC1. The zero-order chi connectivity index (χ0) is 16.2. The Kier molecular flexibility index (Phi) is 4.86. The molecule has 120 valence electrons. The summed E-state index contributed by atoms with van der Waals surface area (Å²) in [6.45, 7) is 5.70. The van der Waals surface area contributed by atoms with Crippen LogP contribution in [-0.2, 0) is 4.79 Å². The van der Waals surface area contributed by atoms with Crippen molar-refractivity contribution in [3.05, 3.63) is 53.4 Å². The van der Waals surface area contributed by atoms with Crippen molar-refractivity contribution in [3.8, 4) is 5.69 Å². The standard InChI is InChI=1S/C18H21N3OS/c1-14-17(8-9-18(22)20-10-12-23-13-11-20)15(2)21(19-14)16-6-4-3-5-7-16/h3-9H,10-13H2,1-2H3/b9-8+. The van der Waals surface area contributed by atoms with Gasteiger partial charge in [0.25, 0.3) is 0 Å². The number of amides is 1. The van der Waals surface area contributed by atoms with Gasteiger partial charge in [-0.3, -0.25) is 4.79 Å². The normalized spacial score (nSPS) is 15.3. The van der Waals surface area contributed by atoms with Crippen LogP contribution in [0.3, 0.4) is 0 Å². The van der Waals surface area contributed by atoms with Gasteiger partial charge < -0.3 is 4.90 Å². The Balaban J connectivity index is 1.82. The van der Waals surface area contributed by atoms with E-state index in [1.165, 1.54) is 0 Å². The molecule has 2 aromatic rings. The lowest BCUT2D eigenvalue weighted by molar-refractivity contribution is -0.125. The quantitative estimate of drug-likeness (QED) is 0.813. The molecule has 1 aliphatic rings. The van der Waals surface area contributed by atoms with E-state index in [4.69, 9.17) is 0 Å². The Morgan fingerprint density at radius 2 is 1.87 bits per heavy atom. The van der Waals surface area contributed by atoms with Crippen molar-refractivity contribution in [1.29, 1.82) is 0 Å². The molecular formula is C18H21N3OS. The van der Waals surface area contributed by atoms with Crippen LogP contribution in [0.1, 0.15) is 17.0 Å². The average molecular weight is 327 g/mol. The number of hydrogen-bond donors (Lipinski definition) is 0. The van der Waals surface area contributed by atoms with Crippen LogP contribution in [0.15, 0.2) is 36.4 Å². The first-order valence-corrected chi connectivity index (χ1v) is 8.98. The molecule has 1 aromatic carbocycles. The van der Waals surface area contributed by atoms with E-state index in [0.717, 1.165) is 47.2 Å². The Morgan fingerprint density at radius 1 is 1.17 bits per heavy atom. The van der Waals surface area contributed by atoms with E-state index in [2.05, 4.69) is 5.10 Å². The number of rotatable bonds is 3. The fourth-order valence-electron chi connectivity index (χ4n) is 2.76. The number of carbonyl (C=O) groups excluding carboxylic acids is 1. The van der Waals surface area contributed by atoms with Gasteiger partial charge in [0.05, 0.1) is 11.4 Å². The molecule has 1 fully saturated rings. The van der Waals surface area contributed by atoms with E-state index >= 15 is 0 Å². The molecule has 4 nitrogen and oxygen atoms in total. The number of carbonyl (C=O) groups is 1. The highest BCUT2D eigenvalue weighted by molar-refractivity contribution is 7.99. The Bertz CT molecular complexity index is 715. The largest absolute Gasteiger partial charge is 0.338 e. The summed E-state index contributed by atoms with van der Waals surface area (Å²) in [5.41, 5.74) is 4.04. The Hall–Kier alpha value is -2.01. The molecule has 1 saturated heterocycles. The number of aromatic nitrogens is 2. The van der Waals surface area contributed by atoms with Crippen LogP contribution in [0.2, 0.25) is 0 Å². The van der Waals surface area contributed by atoms with Crippen molar-refractivity contribution >= 4 is 23.7 Å². The summed E-state index contributed by atoms with van der Waals surface area (Å²) in [5.74, 6) is 2.16. The monoisotopic (exact) mass is 327 g/mol. The first-order valence-electron chi connectivity index (χ1n) is 7.83. The fourth-order valence-corrected chi connectivity index (χ4v) is 3.66. The number of nitrogens with zero attached hydrogens (tertiary/aromatic N) is 3. The van der Waals surface area contributed by atoms with Crippen LogP contribution in [-0.4, -0.2) is 45.2 Å². The van der Waals surface area contributed by atoms with Crippen molar-refractivity contribution in [2.75, 3.05) is 24.6 Å². The van der Waals surface area contributed by atoms with Crippen molar-refractivity contribution in [2.45, 2.75) is 13.8 Å². The maximum atomic E-state index is 12.3. The summed E-state index contributed by atoms with van der Waals surface area (Å²) in [6.07, 6.45) is 3.59. The zero-order valence-corrected chi connectivity index (χ0v) is 14.3. The molecule has 0 spiro atoms. The molecule has 0 aliphatic carbocycles. The third-order valence-electron chi connectivity index (χ3n) is 4.06. The summed E-state index contributed by atoms with van der Waals surface area (Å²) >= 11 is 1.91. The summed E-state index contributed by atoms with van der Waals surface area (Å²) in [4.78, 5) is 14.2. The smallest absolute Gasteiger partial charge is 0.246 e. The summed E-state index contributed by atoms with van der Waals surface area (Å²) in [7, 11) is 0. The number of benzene rings is 1. The van der Waals surface area contributed by atoms with Gasteiger partial charge in [-0.05, 0) is 32.1 Å². The molecule has 2 heterocycles. The van der Waals surface area contributed by atoms with Crippen molar-refractivity contribution in [1.82, 2.24) is 14.7 Å². The first kappa shape index (κ1) is 15.9. The van der Waals surface area contributed by atoms with Gasteiger partial charge in [-0.1, -0.05) is 18.2 Å². The lowest BCUT2D eigenvalue weighted by Gasteiger charge is -2.25. The molecule has 3 rings (SSSR count). The van der Waals surface area contributed by atoms with Crippen LogP contribution >= 0.6 is 11.8 Å². The van der Waals surface area contributed by atoms with Gasteiger partial charge in [-0.25, -0.2) is 4.68 Å². The molecule has 5 heteroatoms. The lowest BCUT2D eigenvalue weighted by atomic mass is 10.1. The number of aryl methyl sites for hydroxylation is 1. The first-order chi connectivity index (χ1) is 11.2. The van der Waals surface area contributed by atoms with E-state index in [9.17, 15) is 4.79 Å². The number of thioether (sulfide) groups is 1. The summed E-state index contributed by atoms with van der Waals surface area (Å²) in [5, 5.41) is 4.61. The minimum absolute atomic E-state index is 0.0940. The molecule has 0 unspecified atom stereocenters. The molecular weight excluding hydrogens is 306 g/mol. The van der Waals surface area contributed by atoms with Crippen LogP contribution in [0.5, 0.6) is 0 Å². The van der Waals surface area contributed by atoms with Gasteiger partial charge in [0.1, 0.15) is 0 Å². The van der Waals surface area contributed by atoms with E-state index in [1.807, 2.05) is 71.6 Å². The van der Waals surface area contributed by atoms with Crippen LogP contribution < -0.4 is 0 Å². The maximum absolute atomic E-state index is 12.3. The number of hydrogen-bond acceptors (Lipinski definition) is 3. The Morgan fingerprint density at radius 3 is 2.57 bits per heavy atom. The van der Waals surface area contributed by atoms with E-state index in [1.54, 1.807) is 6.08 Å². The maximum Gasteiger partial charge on any atom is 0.246 e. The van der Waals surface area contributed by atoms with Gasteiger partial charge in [-0.15, -0.1) is 0 Å². The minimum Gasteiger partial charge on any atom is -0.338 e. The Labute approximate surface area is 141 Å². The van der Waals surface area contributed by atoms with Crippen LogP contribution in [0, 0.1) is 13.8 Å². The average Bonchev–Trinajstić information content (AvgIpc) is 2.88. The highest BCUT2D eigenvalue weighted by Crippen LogP contribution is 2.19. The second-order valence-corrected chi connectivity index (χ2v) is 6.83. The third kappa shape index (κ3) is 3.50. The van der Waals surface area contributed by atoms with Gasteiger partial charge in [0.2, 0.25) is 5.91 Å². The second kappa shape index (κ2) is 7.04. The zero-order valence-electron chi connectivity index (χ0n) is 13.5. The molecule has 23 heavy (non-hydrogen) atoms. The molecule has 0 radical (unpaired) electrons. The highest BCUT2D eigenvalue weighted by atomic mass is 32.2. The molecule has 0 saturated carbocycles. The van der Waals surface area contributed by atoms with Gasteiger partial charge in [0, 0.05) is 41.9 Å². The van der Waals surface area contributed by atoms with Gasteiger partial charge >= 0.3 is 0 Å². The molecule has 0 N–H and O–H groups in total. The summed E-state index contributed by atoms with van der Waals surface area (Å²) in [6, 6.07) is 10.1. The molecule has 1 aromatic heterocycles. The fraction of sp³-hybridized carbons (Fsp3) is 0.333. The minimum atomic E-state index is 0.0940. The van der Waals surface area contributed by atoms with Gasteiger partial charge in [-0.2, -0.15) is 16.9 Å².